The van der Waals surface area contributed by atoms with Crippen molar-refractivity contribution in [3.8, 4) is 5.75 Å². The van der Waals surface area contributed by atoms with Gasteiger partial charge in [-0.15, -0.1) is 0 Å². The van der Waals surface area contributed by atoms with E-state index in [9.17, 15) is 0 Å². The maximum Gasteiger partial charge on any atom is 0.119 e. The fraction of sp³-hybridized carbons (Fsp3) is 0.286. The lowest BCUT2D eigenvalue weighted by molar-refractivity contribution is 0.314. The van der Waals surface area contributed by atoms with Gasteiger partial charge in [-0.2, -0.15) is 0 Å². The van der Waals surface area contributed by atoms with Crippen LogP contribution >= 0.6 is 0 Å². The number of aryl methyl sites for hydroxylation is 1. The first kappa shape index (κ1) is 11.0. The summed E-state index contributed by atoms with van der Waals surface area (Å²) in [5.41, 5.74) is 6.70. The molecule has 0 atom stereocenters. The van der Waals surface area contributed by atoms with Gasteiger partial charge < -0.3 is 10.5 Å². The van der Waals surface area contributed by atoms with Gasteiger partial charge >= 0.3 is 0 Å². The van der Waals surface area contributed by atoms with Crippen molar-refractivity contribution < 1.29 is 4.74 Å². The predicted molar refractivity (Wildman–Crippen MR) is 67.9 cm³/mol. The molecular formula is C14H17NO. The standard InChI is InChI=1S/C14H17NO/c1-11-3-4-13-10-14(16-8-2-7-15)6-5-12(13)9-11/h3-6,9-10H,2,7-8,15H2,1H3. The smallest absolute Gasteiger partial charge is 0.119 e. The van der Waals surface area contributed by atoms with Gasteiger partial charge in [0, 0.05) is 0 Å². The molecule has 0 saturated carbocycles. The minimum atomic E-state index is 0.673. The molecule has 0 aromatic heterocycles. The first-order valence-electron chi connectivity index (χ1n) is 5.63. The van der Waals surface area contributed by atoms with Crippen LogP contribution in [0.4, 0.5) is 0 Å². The van der Waals surface area contributed by atoms with Crippen LogP contribution in [0.25, 0.3) is 10.8 Å². The number of fused-ring (bicyclic) bond motifs is 1. The maximum atomic E-state index is 5.60. The van der Waals surface area contributed by atoms with Gasteiger partial charge in [-0.1, -0.05) is 29.8 Å². The number of hydrogen-bond acceptors (Lipinski definition) is 2. The summed E-state index contributed by atoms with van der Waals surface area (Å²) in [5, 5.41) is 2.47. The summed E-state index contributed by atoms with van der Waals surface area (Å²) < 4.78 is 5.60. The van der Waals surface area contributed by atoms with Crippen molar-refractivity contribution in [2.24, 2.45) is 5.73 Å². The number of nitrogens with two attached hydrogens (primary N) is 1. The third-order valence-corrected chi connectivity index (χ3v) is 2.58. The monoisotopic (exact) mass is 215 g/mol. The van der Waals surface area contributed by atoms with Crippen LogP contribution in [0.2, 0.25) is 0 Å². The second-order valence-corrected chi connectivity index (χ2v) is 4.00. The van der Waals surface area contributed by atoms with Crippen molar-refractivity contribution >= 4 is 10.8 Å². The Labute approximate surface area is 96.0 Å². The molecule has 0 radical (unpaired) electrons. The molecule has 0 heterocycles. The topological polar surface area (TPSA) is 35.2 Å². The van der Waals surface area contributed by atoms with E-state index in [0.717, 1.165) is 12.2 Å². The average molecular weight is 215 g/mol. The van der Waals surface area contributed by atoms with E-state index in [2.05, 4.69) is 37.3 Å². The molecule has 2 N–H and O–H groups in total. The van der Waals surface area contributed by atoms with Crippen LogP contribution in [0, 0.1) is 6.92 Å². The molecule has 2 aromatic carbocycles. The molecule has 2 nitrogen and oxygen atoms in total. The molecule has 0 amide bonds. The predicted octanol–water partition coefficient (Wildman–Crippen LogP) is 2.88. The zero-order valence-corrected chi connectivity index (χ0v) is 9.57. The van der Waals surface area contributed by atoms with Gasteiger partial charge in [-0.25, -0.2) is 0 Å². The molecule has 0 bridgehead atoms. The maximum absolute atomic E-state index is 5.60. The van der Waals surface area contributed by atoms with Gasteiger partial charge in [0.05, 0.1) is 6.61 Å². The molecule has 0 aliphatic rings. The summed E-state index contributed by atoms with van der Waals surface area (Å²) in [5.74, 6) is 0.921. The van der Waals surface area contributed by atoms with Gasteiger partial charge in [0.25, 0.3) is 0 Å². The molecule has 2 heteroatoms. The summed E-state index contributed by atoms with van der Waals surface area (Å²) >= 11 is 0. The quantitative estimate of drug-likeness (QED) is 0.796. The molecule has 84 valence electrons. The van der Waals surface area contributed by atoms with E-state index in [1.165, 1.54) is 16.3 Å². The molecule has 0 aliphatic heterocycles. The highest BCUT2D eigenvalue weighted by Gasteiger charge is 1.97. The lowest BCUT2D eigenvalue weighted by Crippen LogP contribution is -2.05. The van der Waals surface area contributed by atoms with E-state index in [1.54, 1.807) is 0 Å². The molecule has 0 saturated heterocycles. The largest absolute Gasteiger partial charge is 0.494 e. The van der Waals surface area contributed by atoms with Gasteiger partial charge in [0.15, 0.2) is 0 Å². The van der Waals surface area contributed by atoms with Crippen LogP contribution in [0.15, 0.2) is 36.4 Å². The van der Waals surface area contributed by atoms with E-state index in [4.69, 9.17) is 10.5 Å². The Hall–Kier alpha value is -1.54. The highest BCUT2D eigenvalue weighted by atomic mass is 16.5. The Kier molecular flexibility index (Phi) is 3.42. The summed E-state index contributed by atoms with van der Waals surface area (Å²) in [6.45, 7) is 3.46. The minimum absolute atomic E-state index is 0.673. The van der Waals surface area contributed by atoms with Crippen LogP contribution in [-0.4, -0.2) is 13.2 Å². The van der Waals surface area contributed by atoms with E-state index >= 15 is 0 Å². The van der Waals surface area contributed by atoms with Crippen LogP contribution in [-0.2, 0) is 0 Å². The Bertz CT molecular complexity index is 479. The fourth-order valence-electron chi connectivity index (χ4n) is 1.71. The first-order chi connectivity index (χ1) is 7.79. The Balaban J connectivity index is 2.20. The van der Waals surface area contributed by atoms with Gasteiger partial charge in [0.1, 0.15) is 5.75 Å². The highest BCUT2D eigenvalue weighted by Crippen LogP contribution is 2.21. The van der Waals surface area contributed by atoms with Crippen LogP contribution in [0.3, 0.4) is 0 Å². The van der Waals surface area contributed by atoms with Crippen LogP contribution < -0.4 is 10.5 Å². The second-order valence-electron chi connectivity index (χ2n) is 4.00. The number of rotatable bonds is 4. The zero-order valence-electron chi connectivity index (χ0n) is 9.57. The van der Waals surface area contributed by atoms with Crippen molar-refractivity contribution in [2.45, 2.75) is 13.3 Å². The summed E-state index contributed by atoms with van der Waals surface area (Å²) in [6, 6.07) is 12.6. The van der Waals surface area contributed by atoms with Crippen LogP contribution in [0.5, 0.6) is 5.75 Å². The average Bonchev–Trinajstić information content (AvgIpc) is 2.29. The zero-order chi connectivity index (χ0) is 11.4. The third-order valence-electron chi connectivity index (χ3n) is 2.58. The minimum Gasteiger partial charge on any atom is -0.494 e. The van der Waals surface area contributed by atoms with E-state index in [1.807, 2.05) is 6.07 Å². The lowest BCUT2D eigenvalue weighted by atomic mass is 10.1. The molecule has 0 spiro atoms. The summed E-state index contributed by atoms with van der Waals surface area (Å²) in [7, 11) is 0. The van der Waals surface area contributed by atoms with Crippen molar-refractivity contribution in [3.63, 3.8) is 0 Å². The van der Waals surface area contributed by atoms with Crippen molar-refractivity contribution in [1.82, 2.24) is 0 Å². The molecule has 0 unspecified atom stereocenters. The molecular weight excluding hydrogens is 198 g/mol. The van der Waals surface area contributed by atoms with Crippen LogP contribution in [0.1, 0.15) is 12.0 Å². The normalized spacial score (nSPS) is 10.6. The van der Waals surface area contributed by atoms with Gasteiger partial charge in [-0.05, 0) is 42.8 Å². The van der Waals surface area contributed by atoms with Crippen molar-refractivity contribution in [1.29, 1.82) is 0 Å². The van der Waals surface area contributed by atoms with E-state index < -0.39 is 0 Å². The third kappa shape index (κ3) is 2.52. The van der Waals surface area contributed by atoms with Crippen molar-refractivity contribution in [3.05, 3.63) is 42.0 Å². The Morgan fingerprint density at radius 3 is 2.62 bits per heavy atom. The molecule has 2 aromatic rings. The lowest BCUT2D eigenvalue weighted by Gasteiger charge is -2.06. The Morgan fingerprint density at radius 2 is 1.81 bits per heavy atom. The number of hydrogen-bond donors (Lipinski definition) is 1. The first-order valence-corrected chi connectivity index (χ1v) is 5.63. The number of ether oxygens (including phenoxy) is 1. The molecule has 2 rings (SSSR count). The molecule has 0 fully saturated rings. The highest BCUT2D eigenvalue weighted by molar-refractivity contribution is 5.84. The second kappa shape index (κ2) is 4.99. The Morgan fingerprint density at radius 1 is 1.06 bits per heavy atom. The van der Waals surface area contributed by atoms with Crippen molar-refractivity contribution in [2.75, 3.05) is 13.2 Å². The SMILES string of the molecule is Cc1ccc2cc(OCCCN)ccc2c1. The summed E-state index contributed by atoms with van der Waals surface area (Å²) in [6.07, 6.45) is 0.895. The van der Waals surface area contributed by atoms with Gasteiger partial charge in [0.2, 0.25) is 0 Å². The van der Waals surface area contributed by atoms with Gasteiger partial charge in [-0.3, -0.25) is 0 Å². The molecule has 0 aliphatic carbocycles. The van der Waals surface area contributed by atoms with E-state index in [-0.39, 0.29) is 0 Å². The molecule has 16 heavy (non-hydrogen) atoms. The fourth-order valence-corrected chi connectivity index (χ4v) is 1.71. The summed E-state index contributed by atoms with van der Waals surface area (Å²) in [4.78, 5) is 0. The van der Waals surface area contributed by atoms with E-state index in [0.29, 0.717) is 13.2 Å². The number of benzene rings is 2.